The van der Waals surface area contributed by atoms with Crippen molar-refractivity contribution in [2.45, 2.75) is 71.1 Å². The average Bonchev–Trinajstić information content (AvgIpc) is 3.39. The van der Waals surface area contributed by atoms with Gasteiger partial charge in [-0.1, -0.05) is 30.4 Å². The van der Waals surface area contributed by atoms with E-state index in [1.165, 1.54) is 0 Å². The lowest BCUT2D eigenvalue weighted by Crippen LogP contribution is -2.42. The first-order chi connectivity index (χ1) is 20.2. The van der Waals surface area contributed by atoms with Crippen LogP contribution in [0.15, 0.2) is 77.5 Å². The van der Waals surface area contributed by atoms with E-state index in [-0.39, 0.29) is 18.2 Å². The normalized spacial score (nSPS) is 17.6. The molecule has 1 aliphatic carbocycles. The van der Waals surface area contributed by atoms with Crippen molar-refractivity contribution in [3.05, 3.63) is 73.1 Å². The van der Waals surface area contributed by atoms with Crippen LogP contribution >= 0.6 is 0 Å². The lowest BCUT2D eigenvalue weighted by molar-refractivity contribution is 0.0471. The van der Waals surface area contributed by atoms with Crippen LogP contribution in [0.3, 0.4) is 0 Å². The molecule has 0 radical (unpaired) electrons. The second-order valence-corrected chi connectivity index (χ2v) is 11.5. The number of alkyl carbamates (subject to hydrolysis) is 1. The Hall–Kier alpha value is -4.46. The zero-order valence-corrected chi connectivity index (χ0v) is 24.9. The molecule has 1 fully saturated rings. The van der Waals surface area contributed by atoms with Gasteiger partial charge in [-0.3, -0.25) is 0 Å². The highest BCUT2D eigenvalue weighted by molar-refractivity contribution is 6.06. The number of rotatable bonds is 8. The van der Waals surface area contributed by atoms with Crippen molar-refractivity contribution in [3.8, 4) is 22.8 Å². The number of methoxy groups -OCH3 is 1. The maximum absolute atomic E-state index is 12.2. The molecule has 1 aliphatic rings. The Kier molecular flexibility index (Phi) is 8.71. The fourth-order valence-corrected chi connectivity index (χ4v) is 5.24. The Labute approximate surface area is 246 Å². The smallest absolute Gasteiger partial charge is 0.407 e. The summed E-state index contributed by atoms with van der Waals surface area (Å²) in [5, 5.41) is 9.05. The predicted octanol–water partition coefficient (Wildman–Crippen LogP) is 8.37. The fourth-order valence-electron chi connectivity index (χ4n) is 5.24. The van der Waals surface area contributed by atoms with Gasteiger partial charge in [-0.2, -0.15) is 0 Å². The molecule has 2 N–H and O–H groups in total. The molecule has 1 saturated carbocycles. The van der Waals surface area contributed by atoms with E-state index in [9.17, 15) is 4.79 Å². The van der Waals surface area contributed by atoms with Gasteiger partial charge in [0.15, 0.2) is 0 Å². The SMILES string of the molecule is C/C=C\C=C/Nc1ncc(-c2cc3ccccc3o2)c2cc(OC3CCC(NC(=O)OC(C)(C)C)CC3)cc(OC)c12. The molecule has 0 saturated heterocycles. The standard InChI is InChI=1S/C34H39N3O5/c1-6-7-10-17-35-32-31-26(27(21-36-32)29-18-22-11-8-9-12-28(22)41-29)19-25(20-30(31)39-5)40-24-15-13-23(14-16-24)37-33(38)42-34(2,3)4/h6-12,17-21,23-24H,13-16H2,1-5H3,(H,35,36)(H,37,38)/b7-6-,17-10-. The zero-order chi connectivity index (χ0) is 29.7. The van der Waals surface area contributed by atoms with E-state index in [1.54, 1.807) is 7.11 Å². The van der Waals surface area contributed by atoms with Crippen molar-refractivity contribution in [3.63, 3.8) is 0 Å². The number of pyridine rings is 1. The molecule has 2 heterocycles. The maximum Gasteiger partial charge on any atom is 0.407 e. The van der Waals surface area contributed by atoms with Crippen LogP contribution in [0.25, 0.3) is 33.1 Å². The Morgan fingerprint density at radius 3 is 2.57 bits per heavy atom. The van der Waals surface area contributed by atoms with E-state index in [0.717, 1.165) is 58.7 Å². The van der Waals surface area contributed by atoms with Crippen molar-refractivity contribution in [1.29, 1.82) is 0 Å². The number of allylic oxidation sites excluding steroid dienone is 3. The summed E-state index contributed by atoms with van der Waals surface area (Å²) < 4.78 is 24.1. The molecule has 42 heavy (non-hydrogen) atoms. The van der Waals surface area contributed by atoms with Crippen molar-refractivity contribution >= 4 is 33.7 Å². The number of nitrogens with zero attached hydrogens (tertiary/aromatic N) is 1. The highest BCUT2D eigenvalue weighted by Crippen LogP contribution is 2.42. The molecule has 2 aromatic carbocycles. The fraction of sp³-hybridized carbons (Fsp3) is 0.353. The zero-order valence-electron chi connectivity index (χ0n) is 24.9. The molecule has 0 bridgehead atoms. The first kappa shape index (κ1) is 29.0. The second kappa shape index (κ2) is 12.6. The van der Waals surface area contributed by atoms with Gasteiger partial charge in [0.1, 0.15) is 34.3 Å². The van der Waals surface area contributed by atoms with Crippen LogP contribution in [-0.4, -0.2) is 35.9 Å². The number of amides is 1. The third-order valence-corrected chi connectivity index (χ3v) is 7.15. The Morgan fingerprint density at radius 2 is 1.86 bits per heavy atom. The van der Waals surface area contributed by atoms with Crippen LogP contribution in [0.4, 0.5) is 10.6 Å². The first-order valence-electron chi connectivity index (χ1n) is 14.4. The van der Waals surface area contributed by atoms with E-state index in [0.29, 0.717) is 17.3 Å². The number of aromatic nitrogens is 1. The quantitative estimate of drug-likeness (QED) is 0.206. The number of fused-ring (bicyclic) bond motifs is 2. The summed E-state index contributed by atoms with van der Waals surface area (Å²) >= 11 is 0. The highest BCUT2D eigenvalue weighted by atomic mass is 16.6. The largest absolute Gasteiger partial charge is 0.496 e. The third-order valence-electron chi connectivity index (χ3n) is 7.15. The van der Waals surface area contributed by atoms with Gasteiger partial charge in [-0.25, -0.2) is 9.78 Å². The number of carbonyl (C=O) groups excluding carboxylic acids is 1. The van der Waals surface area contributed by atoms with E-state index in [1.807, 2.05) is 101 Å². The molecule has 0 aliphatic heterocycles. The summed E-state index contributed by atoms with van der Waals surface area (Å²) in [5.41, 5.74) is 1.14. The molecule has 8 nitrogen and oxygen atoms in total. The second-order valence-electron chi connectivity index (χ2n) is 11.5. The molecule has 2 aromatic heterocycles. The number of para-hydroxylation sites is 1. The number of hydrogen-bond acceptors (Lipinski definition) is 7. The summed E-state index contributed by atoms with van der Waals surface area (Å²) in [6, 6.07) is 14.0. The number of furan rings is 1. The summed E-state index contributed by atoms with van der Waals surface area (Å²) in [4.78, 5) is 17.0. The predicted molar refractivity (Wildman–Crippen MR) is 167 cm³/mol. The van der Waals surface area contributed by atoms with E-state index < -0.39 is 5.60 Å². The molecule has 1 amide bonds. The summed E-state index contributed by atoms with van der Waals surface area (Å²) in [7, 11) is 1.65. The van der Waals surface area contributed by atoms with Gasteiger partial charge in [-0.05, 0) is 77.7 Å². The van der Waals surface area contributed by atoms with Gasteiger partial charge in [0, 0.05) is 40.8 Å². The van der Waals surface area contributed by atoms with E-state index >= 15 is 0 Å². The monoisotopic (exact) mass is 569 g/mol. The number of carbonyl (C=O) groups is 1. The third kappa shape index (κ3) is 6.87. The molecular weight excluding hydrogens is 530 g/mol. The Bertz CT molecular complexity index is 1570. The lowest BCUT2D eigenvalue weighted by Gasteiger charge is -2.30. The summed E-state index contributed by atoms with van der Waals surface area (Å²) in [5.74, 6) is 2.75. The van der Waals surface area contributed by atoms with Crippen LogP contribution in [0, 0.1) is 0 Å². The first-order valence-corrected chi connectivity index (χ1v) is 14.4. The van der Waals surface area contributed by atoms with Crippen LogP contribution < -0.4 is 20.1 Å². The Morgan fingerprint density at radius 1 is 1.07 bits per heavy atom. The molecule has 0 unspecified atom stereocenters. The van der Waals surface area contributed by atoms with Crippen LogP contribution in [0.2, 0.25) is 0 Å². The molecule has 5 rings (SSSR count). The maximum atomic E-state index is 12.2. The topological polar surface area (TPSA) is 94.9 Å². The van der Waals surface area contributed by atoms with E-state index in [2.05, 4.69) is 10.6 Å². The van der Waals surface area contributed by atoms with Gasteiger partial charge in [0.25, 0.3) is 0 Å². The van der Waals surface area contributed by atoms with Gasteiger partial charge in [0.05, 0.1) is 18.6 Å². The van der Waals surface area contributed by atoms with E-state index in [4.69, 9.17) is 23.6 Å². The van der Waals surface area contributed by atoms with Crippen LogP contribution in [-0.2, 0) is 4.74 Å². The minimum absolute atomic E-state index is 0.0155. The molecule has 0 spiro atoms. The van der Waals surface area contributed by atoms with Crippen molar-refractivity contribution in [2.75, 3.05) is 12.4 Å². The van der Waals surface area contributed by atoms with Crippen molar-refractivity contribution in [2.24, 2.45) is 0 Å². The van der Waals surface area contributed by atoms with Gasteiger partial charge >= 0.3 is 6.09 Å². The molecule has 0 atom stereocenters. The van der Waals surface area contributed by atoms with Crippen LogP contribution in [0.1, 0.15) is 53.4 Å². The number of benzene rings is 2. The molecular formula is C34H39N3O5. The number of anilines is 1. The minimum Gasteiger partial charge on any atom is -0.496 e. The molecule has 8 heteroatoms. The van der Waals surface area contributed by atoms with Gasteiger partial charge in [-0.15, -0.1) is 0 Å². The number of ether oxygens (including phenoxy) is 3. The number of nitrogens with one attached hydrogen (secondary N) is 2. The highest BCUT2D eigenvalue weighted by Gasteiger charge is 2.26. The summed E-state index contributed by atoms with van der Waals surface area (Å²) in [6.45, 7) is 7.56. The minimum atomic E-state index is -0.519. The number of hydrogen-bond donors (Lipinski definition) is 2. The molecule has 4 aromatic rings. The summed E-state index contributed by atoms with van der Waals surface area (Å²) in [6.07, 6.45) is 12.4. The average molecular weight is 570 g/mol. The van der Waals surface area contributed by atoms with Crippen molar-refractivity contribution < 1.29 is 23.4 Å². The molecule has 220 valence electrons. The van der Waals surface area contributed by atoms with Crippen molar-refractivity contribution in [1.82, 2.24) is 10.3 Å². The van der Waals surface area contributed by atoms with Gasteiger partial charge < -0.3 is 29.3 Å². The Balaban J connectivity index is 1.44. The lowest BCUT2D eigenvalue weighted by atomic mass is 9.93. The van der Waals surface area contributed by atoms with Gasteiger partial charge in [0.2, 0.25) is 0 Å². The van der Waals surface area contributed by atoms with Crippen LogP contribution in [0.5, 0.6) is 11.5 Å².